The molecule has 72 valence electrons. The van der Waals surface area contributed by atoms with Crippen molar-refractivity contribution in [3.63, 3.8) is 0 Å². The Kier molecular flexibility index (Phi) is 3.13. The summed E-state index contributed by atoms with van der Waals surface area (Å²) in [5.74, 6) is 0.807. The average Bonchev–Trinajstić information content (AvgIpc) is 1.96. The maximum Gasteiger partial charge on any atom is 0.0142 e. The molecule has 1 aliphatic heterocycles. The molecule has 0 aromatic heterocycles. The number of hydrogen-bond donors (Lipinski definition) is 0. The highest BCUT2D eigenvalue weighted by Crippen LogP contribution is 2.23. The Morgan fingerprint density at radius 3 is 2.33 bits per heavy atom. The lowest BCUT2D eigenvalue weighted by atomic mass is 9.89. The second-order valence-electron chi connectivity index (χ2n) is 4.53. The first-order valence-electron chi connectivity index (χ1n) is 4.89. The van der Waals surface area contributed by atoms with Gasteiger partial charge in [0.15, 0.2) is 0 Å². The smallest absolute Gasteiger partial charge is 0.0142 e. The molecular formula is C10H22N2. The largest absolute Gasteiger partial charge is 0.306 e. The molecule has 0 aromatic carbocycles. The lowest BCUT2D eigenvalue weighted by Crippen LogP contribution is -2.50. The highest BCUT2D eigenvalue weighted by atomic mass is 15.2. The minimum Gasteiger partial charge on any atom is -0.306 e. The van der Waals surface area contributed by atoms with Crippen molar-refractivity contribution >= 4 is 0 Å². The minimum atomic E-state index is 0.744. The molecule has 2 heteroatoms. The summed E-state index contributed by atoms with van der Waals surface area (Å²) in [6.07, 6.45) is 1.31. The van der Waals surface area contributed by atoms with E-state index in [1.54, 1.807) is 0 Å². The molecule has 1 heterocycles. The molecule has 12 heavy (non-hydrogen) atoms. The van der Waals surface area contributed by atoms with E-state index in [0.29, 0.717) is 0 Å². The number of rotatable bonds is 1. The maximum atomic E-state index is 2.46. The summed E-state index contributed by atoms with van der Waals surface area (Å²) in [6, 6.07) is 1.52. The molecule has 0 aliphatic carbocycles. The van der Waals surface area contributed by atoms with E-state index < -0.39 is 0 Å². The third kappa shape index (κ3) is 1.99. The van der Waals surface area contributed by atoms with Crippen LogP contribution in [-0.4, -0.2) is 49.6 Å². The van der Waals surface area contributed by atoms with E-state index in [1.165, 1.54) is 13.0 Å². The summed E-state index contributed by atoms with van der Waals surface area (Å²) in [7, 11) is 6.62. The van der Waals surface area contributed by atoms with Gasteiger partial charge in [-0.1, -0.05) is 6.92 Å². The van der Waals surface area contributed by atoms with Crippen LogP contribution < -0.4 is 0 Å². The van der Waals surface area contributed by atoms with Crippen molar-refractivity contribution in [2.75, 3.05) is 27.7 Å². The van der Waals surface area contributed by atoms with Crippen LogP contribution in [0.5, 0.6) is 0 Å². The van der Waals surface area contributed by atoms with Crippen molar-refractivity contribution < 1.29 is 0 Å². The average molecular weight is 170 g/mol. The maximum absolute atomic E-state index is 2.46. The topological polar surface area (TPSA) is 6.48 Å². The van der Waals surface area contributed by atoms with E-state index in [2.05, 4.69) is 44.8 Å². The Bertz CT molecular complexity index is 145. The van der Waals surface area contributed by atoms with Crippen LogP contribution in [0.1, 0.15) is 20.3 Å². The van der Waals surface area contributed by atoms with Gasteiger partial charge < -0.3 is 9.80 Å². The van der Waals surface area contributed by atoms with E-state index in [1.807, 2.05) is 0 Å². The van der Waals surface area contributed by atoms with Gasteiger partial charge in [-0.3, -0.25) is 0 Å². The van der Waals surface area contributed by atoms with Crippen LogP contribution in [0.2, 0.25) is 0 Å². The van der Waals surface area contributed by atoms with Gasteiger partial charge in [-0.15, -0.1) is 0 Å². The van der Waals surface area contributed by atoms with Crippen LogP contribution in [0.15, 0.2) is 0 Å². The molecular weight excluding hydrogens is 148 g/mol. The van der Waals surface area contributed by atoms with Gasteiger partial charge in [-0.25, -0.2) is 0 Å². The van der Waals surface area contributed by atoms with Gasteiger partial charge in [0.25, 0.3) is 0 Å². The third-order valence-corrected chi connectivity index (χ3v) is 3.23. The third-order valence-electron chi connectivity index (χ3n) is 3.23. The van der Waals surface area contributed by atoms with Crippen molar-refractivity contribution in [3.05, 3.63) is 0 Å². The van der Waals surface area contributed by atoms with Crippen molar-refractivity contribution in [2.24, 2.45) is 5.92 Å². The summed E-state index contributed by atoms with van der Waals surface area (Å²) in [6.45, 7) is 5.92. The molecule has 0 aromatic rings. The van der Waals surface area contributed by atoms with Crippen LogP contribution in [0, 0.1) is 5.92 Å². The van der Waals surface area contributed by atoms with Crippen molar-refractivity contribution in [3.8, 4) is 0 Å². The molecule has 3 atom stereocenters. The molecule has 0 amide bonds. The highest BCUT2D eigenvalue weighted by molar-refractivity contribution is 4.85. The lowest BCUT2D eigenvalue weighted by molar-refractivity contribution is 0.0726. The first-order chi connectivity index (χ1) is 5.52. The van der Waals surface area contributed by atoms with E-state index in [4.69, 9.17) is 0 Å². The first kappa shape index (κ1) is 10.0. The van der Waals surface area contributed by atoms with Gasteiger partial charge in [0.2, 0.25) is 0 Å². The Morgan fingerprint density at radius 1 is 1.25 bits per heavy atom. The number of nitrogens with zero attached hydrogens (tertiary/aromatic N) is 2. The molecule has 1 fully saturated rings. The minimum absolute atomic E-state index is 0.744. The number of piperidine rings is 1. The second kappa shape index (κ2) is 3.75. The molecule has 1 rings (SSSR count). The van der Waals surface area contributed by atoms with Crippen LogP contribution in [0.3, 0.4) is 0 Å². The quantitative estimate of drug-likeness (QED) is 0.585. The Labute approximate surface area is 76.5 Å². The lowest BCUT2D eigenvalue weighted by Gasteiger charge is -2.42. The Balaban J connectivity index is 2.55. The molecule has 0 unspecified atom stereocenters. The van der Waals surface area contributed by atoms with Crippen molar-refractivity contribution in [2.45, 2.75) is 32.4 Å². The predicted octanol–water partition coefficient (Wildman–Crippen LogP) is 1.28. The number of hydrogen-bond acceptors (Lipinski definition) is 2. The van der Waals surface area contributed by atoms with Gasteiger partial charge in [0, 0.05) is 18.6 Å². The van der Waals surface area contributed by atoms with Gasteiger partial charge in [-0.05, 0) is 40.4 Å². The van der Waals surface area contributed by atoms with E-state index in [-0.39, 0.29) is 0 Å². The fourth-order valence-electron chi connectivity index (χ4n) is 2.24. The SMILES string of the molecule is C[C@H]1CN(C)[C@@H](C)C[C@@H]1N(C)C. The van der Waals surface area contributed by atoms with E-state index >= 15 is 0 Å². The van der Waals surface area contributed by atoms with E-state index in [9.17, 15) is 0 Å². The summed E-state index contributed by atoms with van der Waals surface area (Å²) < 4.78 is 0. The van der Waals surface area contributed by atoms with Crippen LogP contribution in [0.25, 0.3) is 0 Å². The molecule has 0 radical (unpaired) electrons. The normalized spacial score (nSPS) is 39.0. The predicted molar refractivity (Wildman–Crippen MR) is 53.3 cm³/mol. The van der Waals surface area contributed by atoms with Crippen LogP contribution in [0.4, 0.5) is 0 Å². The zero-order valence-electron chi connectivity index (χ0n) is 9.04. The summed E-state index contributed by atoms with van der Waals surface area (Å²) in [5.41, 5.74) is 0. The fraction of sp³-hybridized carbons (Fsp3) is 1.00. The van der Waals surface area contributed by atoms with Gasteiger partial charge >= 0.3 is 0 Å². The van der Waals surface area contributed by atoms with Crippen LogP contribution in [-0.2, 0) is 0 Å². The van der Waals surface area contributed by atoms with E-state index in [0.717, 1.165) is 18.0 Å². The molecule has 1 saturated heterocycles. The molecule has 0 saturated carbocycles. The fourth-order valence-corrected chi connectivity index (χ4v) is 2.24. The zero-order chi connectivity index (χ0) is 9.30. The van der Waals surface area contributed by atoms with Crippen molar-refractivity contribution in [1.29, 1.82) is 0 Å². The highest BCUT2D eigenvalue weighted by Gasteiger charge is 2.29. The van der Waals surface area contributed by atoms with Gasteiger partial charge in [0.05, 0.1) is 0 Å². The molecule has 0 spiro atoms. The first-order valence-corrected chi connectivity index (χ1v) is 4.89. The summed E-state index contributed by atoms with van der Waals surface area (Å²) >= 11 is 0. The van der Waals surface area contributed by atoms with Gasteiger partial charge in [0.1, 0.15) is 0 Å². The molecule has 1 aliphatic rings. The zero-order valence-corrected chi connectivity index (χ0v) is 9.04. The molecule has 2 nitrogen and oxygen atoms in total. The van der Waals surface area contributed by atoms with Crippen molar-refractivity contribution in [1.82, 2.24) is 9.80 Å². The van der Waals surface area contributed by atoms with Crippen LogP contribution >= 0.6 is 0 Å². The Hall–Kier alpha value is -0.0800. The summed E-state index contributed by atoms with van der Waals surface area (Å²) in [5, 5.41) is 0. The molecule has 0 bridgehead atoms. The molecule has 0 N–H and O–H groups in total. The summed E-state index contributed by atoms with van der Waals surface area (Å²) in [4.78, 5) is 4.83. The second-order valence-corrected chi connectivity index (χ2v) is 4.53. The monoisotopic (exact) mass is 170 g/mol. The number of likely N-dealkylation sites (tertiary alicyclic amines) is 1. The Morgan fingerprint density at radius 2 is 1.83 bits per heavy atom. The standard InChI is InChI=1S/C10H22N2/c1-8-7-12(5)9(2)6-10(8)11(3)4/h8-10H,6-7H2,1-5H3/t8-,9-,10-/m0/s1. The van der Waals surface area contributed by atoms with Gasteiger partial charge in [-0.2, -0.15) is 0 Å².